The number of ether oxygens (including phenoxy) is 1. The first-order valence-corrected chi connectivity index (χ1v) is 10.5. The number of non-ortho nitro benzene ring substituents is 1. The van der Waals surface area contributed by atoms with Crippen LogP contribution in [0.5, 0.6) is 5.75 Å². The highest BCUT2D eigenvalue weighted by molar-refractivity contribution is 9.10. The Kier molecular flexibility index (Phi) is 4.05. The van der Waals surface area contributed by atoms with Crippen LogP contribution in [0.1, 0.15) is 25.0 Å². The Bertz CT molecular complexity index is 1210. The molecule has 0 fully saturated rings. The van der Waals surface area contributed by atoms with Gasteiger partial charge in [0, 0.05) is 29.1 Å². The van der Waals surface area contributed by atoms with E-state index >= 15 is 0 Å². The summed E-state index contributed by atoms with van der Waals surface area (Å²) < 4.78 is 7.35. The van der Waals surface area contributed by atoms with Crippen molar-refractivity contribution in [3.8, 4) is 5.75 Å². The van der Waals surface area contributed by atoms with Crippen molar-refractivity contribution in [3.63, 3.8) is 0 Å². The number of nitro benzene ring substituents is 1. The van der Waals surface area contributed by atoms with Gasteiger partial charge in [-0.05, 0) is 65.7 Å². The van der Waals surface area contributed by atoms with Gasteiger partial charge >= 0.3 is 0 Å². The van der Waals surface area contributed by atoms with E-state index in [1.165, 1.54) is 11.6 Å². The SMILES string of the molecule is CC1(C)c2ccccc2N(c2ccccc2)[C@]12C=Cc1cc([N+](=O)[O-])cc(Br)c1O2. The lowest BCUT2D eigenvalue weighted by atomic mass is 9.76. The maximum atomic E-state index is 11.3. The van der Waals surface area contributed by atoms with E-state index < -0.39 is 16.1 Å². The number of rotatable bonds is 2. The minimum atomic E-state index is -0.830. The van der Waals surface area contributed by atoms with E-state index in [2.05, 4.69) is 58.9 Å². The summed E-state index contributed by atoms with van der Waals surface area (Å²) in [6.45, 7) is 4.34. The van der Waals surface area contributed by atoms with Crippen LogP contribution in [0.15, 0.2) is 77.3 Å². The van der Waals surface area contributed by atoms with Crippen molar-refractivity contribution in [2.75, 3.05) is 4.90 Å². The van der Waals surface area contributed by atoms with Gasteiger partial charge in [-0.15, -0.1) is 0 Å². The maximum Gasteiger partial charge on any atom is 0.271 e. The number of fused-ring (bicyclic) bond motifs is 2. The Balaban J connectivity index is 1.75. The Morgan fingerprint density at radius 3 is 2.47 bits per heavy atom. The number of benzene rings is 3. The number of anilines is 2. The summed E-state index contributed by atoms with van der Waals surface area (Å²) in [5.41, 5.74) is 2.76. The molecule has 0 unspecified atom stereocenters. The van der Waals surface area contributed by atoms with Crippen LogP contribution in [-0.4, -0.2) is 10.6 Å². The van der Waals surface area contributed by atoms with Crippen molar-refractivity contribution < 1.29 is 9.66 Å². The number of halogens is 1. The highest BCUT2D eigenvalue weighted by Crippen LogP contribution is 2.58. The van der Waals surface area contributed by atoms with Gasteiger partial charge in [0.1, 0.15) is 5.75 Å². The van der Waals surface area contributed by atoms with Gasteiger partial charge < -0.3 is 4.74 Å². The molecule has 5 rings (SSSR count). The summed E-state index contributed by atoms with van der Waals surface area (Å²) in [7, 11) is 0. The lowest BCUT2D eigenvalue weighted by molar-refractivity contribution is -0.385. The smallest absolute Gasteiger partial charge is 0.271 e. The molecule has 0 aliphatic carbocycles. The molecular weight excluding hydrogens is 444 g/mol. The third kappa shape index (κ3) is 2.46. The Hall–Kier alpha value is -3.12. The number of hydrogen-bond acceptors (Lipinski definition) is 4. The quantitative estimate of drug-likeness (QED) is 0.318. The molecular formula is C24H19BrN2O3. The van der Waals surface area contributed by atoms with Gasteiger partial charge in [-0.25, -0.2) is 0 Å². The fourth-order valence-electron chi connectivity index (χ4n) is 4.54. The van der Waals surface area contributed by atoms with E-state index in [1.807, 2.05) is 42.5 Å². The first-order valence-electron chi connectivity index (χ1n) is 9.66. The first-order chi connectivity index (χ1) is 14.3. The van der Waals surface area contributed by atoms with Crippen LogP contribution in [0.2, 0.25) is 0 Å². The molecule has 2 heterocycles. The molecule has 0 amide bonds. The first kappa shape index (κ1) is 18.9. The zero-order valence-electron chi connectivity index (χ0n) is 16.5. The van der Waals surface area contributed by atoms with Crippen LogP contribution < -0.4 is 9.64 Å². The molecule has 0 aromatic heterocycles. The minimum Gasteiger partial charge on any atom is -0.461 e. The lowest BCUT2D eigenvalue weighted by Gasteiger charge is -2.47. The normalized spacial score (nSPS) is 20.6. The molecule has 2 aliphatic rings. The molecule has 0 saturated carbocycles. The van der Waals surface area contributed by atoms with Crippen LogP contribution in [0.25, 0.3) is 6.08 Å². The summed E-state index contributed by atoms with van der Waals surface area (Å²) in [4.78, 5) is 13.1. The van der Waals surface area contributed by atoms with E-state index in [4.69, 9.17) is 4.74 Å². The predicted molar refractivity (Wildman–Crippen MR) is 121 cm³/mol. The molecule has 150 valence electrons. The summed E-state index contributed by atoms with van der Waals surface area (Å²) in [5, 5.41) is 11.3. The molecule has 6 heteroatoms. The molecule has 3 aromatic carbocycles. The van der Waals surface area contributed by atoms with Crippen LogP contribution in [0.4, 0.5) is 17.1 Å². The van der Waals surface area contributed by atoms with Crippen molar-refractivity contribution in [2.45, 2.75) is 25.0 Å². The third-order valence-corrected chi connectivity index (χ3v) is 6.66. The summed E-state index contributed by atoms with van der Waals surface area (Å²) >= 11 is 3.50. The fourth-order valence-corrected chi connectivity index (χ4v) is 5.09. The number of hydrogen-bond donors (Lipinski definition) is 0. The van der Waals surface area contributed by atoms with E-state index in [-0.39, 0.29) is 5.69 Å². The molecule has 0 bridgehead atoms. The van der Waals surface area contributed by atoms with Crippen molar-refractivity contribution in [2.24, 2.45) is 0 Å². The topological polar surface area (TPSA) is 55.6 Å². The Labute approximate surface area is 182 Å². The predicted octanol–water partition coefficient (Wildman–Crippen LogP) is 6.59. The second kappa shape index (κ2) is 6.44. The average molecular weight is 463 g/mol. The highest BCUT2D eigenvalue weighted by Gasteiger charge is 2.59. The molecule has 0 N–H and O–H groups in total. The van der Waals surface area contributed by atoms with Gasteiger partial charge in [-0.3, -0.25) is 15.0 Å². The van der Waals surface area contributed by atoms with Crippen molar-refractivity contribution in [3.05, 3.63) is 98.5 Å². The van der Waals surface area contributed by atoms with Crippen LogP contribution in [-0.2, 0) is 5.41 Å². The van der Waals surface area contributed by atoms with Gasteiger partial charge in [0.05, 0.1) is 14.8 Å². The molecule has 1 atom stereocenters. The van der Waals surface area contributed by atoms with Crippen LogP contribution in [0.3, 0.4) is 0 Å². The second-order valence-electron chi connectivity index (χ2n) is 8.05. The monoisotopic (exact) mass is 462 g/mol. The van der Waals surface area contributed by atoms with Gasteiger partial charge in [0.25, 0.3) is 5.69 Å². The van der Waals surface area contributed by atoms with Crippen LogP contribution >= 0.6 is 15.9 Å². The second-order valence-corrected chi connectivity index (χ2v) is 8.90. The van der Waals surface area contributed by atoms with Crippen LogP contribution in [0, 0.1) is 10.1 Å². The standard InChI is InChI=1S/C24H19BrN2O3/c1-23(2)19-10-6-7-11-21(19)26(17-8-4-3-5-9-17)24(23)13-12-16-14-18(27(28)29)15-20(25)22(16)30-24/h3-15H,1-2H3/t24-/m0/s1. The van der Waals surface area contributed by atoms with Gasteiger partial charge in [-0.1, -0.05) is 36.4 Å². The summed E-state index contributed by atoms with van der Waals surface area (Å²) in [6.07, 6.45) is 3.96. The highest BCUT2D eigenvalue weighted by atomic mass is 79.9. The Morgan fingerprint density at radius 1 is 1.03 bits per heavy atom. The largest absolute Gasteiger partial charge is 0.461 e. The van der Waals surface area contributed by atoms with E-state index in [0.29, 0.717) is 15.8 Å². The lowest BCUT2D eigenvalue weighted by Crippen LogP contribution is -2.57. The zero-order valence-corrected chi connectivity index (χ0v) is 18.1. The summed E-state index contributed by atoms with van der Waals surface area (Å²) in [6, 6.07) is 21.5. The molecule has 1 spiro atoms. The molecule has 2 aliphatic heterocycles. The molecule has 30 heavy (non-hydrogen) atoms. The minimum absolute atomic E-state index is 0.0266. The number of nitrogens with zero attached hydrogens (tertiary/aromatic N) is 2. The zero-order chi connectivity index (χ0) is 21.1. The van der Waals surface area contributed by atoms with Gasteiger partial charge in [0.2, 0.25) is 5.72 Å². The number of nitro groups is 1. The number of para-hydroxylation sites is 2. The van der Waals surface area contributed by atoms with E-state index in [9.17, 15) is 10.1 Å². The molecule has 0 radical (unpaired) electrons. The van der Waals surface area contributed by atoms with Gasteiger partial charge in [-0.2, -0.15) is 0 Å². The summed E-state index contributed by atoms with van der Waals surface area (Å²) in [5.74, 6) is 0.602. The van der Waals surface area contributed by atoms with E-state index in [0.717, 1.165) is 11.4 Å². The Morgan fingerprint density at radius 2 is 1.73 bits per heavy atom. The molecule has 3 aromatic rings. The van der Waals surface area contributed by atoms with Gasteiger partial charge in [0.15, 0.2) is 0 Å². The van der Waals surface area contributed by atoms with Crippen molar-refractivity contribution in [1.29, 1.82) is 0 Å². The molecule has 0 saturated heterocycles. The third-order valence-electron chi connectivity index (χ3n) is 6.07. The maximum absolute atomic E-state index is 11.3. The average Bonchev–Trinajstić information content (AvgIpc) is 2.93. The fraction of sp³-hybridized carbons (Fsp3) is 0.167. The van der Waals surface area contributed by atoms with Crippen molar-refractivity contribution in [1.82, 2.24) is 0 Å². The molecule has 5 nitrogen and oxygen atoms in total. The van der Waals surface area contributed by atoms with E-state index in [1.54, 1.807) is 6.07 Å². The van der Waals surface area contributed by atoms with Crippen molar-refractivity contribution >= 4 is 39.1 Å².